The quantitative estimate of drug-likeness (QED) is 0.105. The molecule has 1 heterocycles. The van der Waals surface area contributed by atoms with Crippen molar-refractivity contribution in [3.8, 4) is 11.5 Å². The van der Waals surface area contributed by atoms with Crippen molar-refractivity contribution < 1.29 is 9.47 Å². The number of rotatable bonds is 14. The Morgan fingerprint density at radius 1 is 0.767 bits per heavy atom. The van der Waals surface area contributed by atoms with Gasteiger partial charge in [0, 0.05) is 27.9 Å². The predicted octanol–water partition coefficient (Wildman–Crippen LogP) is 9.86. The first-order valence-electron chi connectivity index (χ1n) is 15.7. The largest absolute Gasteiger partial charge is 0.496 e. The molecular weight excluding hydrogens is 566 g/mol. The number of para-hydroxylation sites is 2. The number of benzene rings is 4. The summed E-state index contributed by atoms with van der Waals surface area (Å²) in [4.78, 5) is 5.17. The molecule has 0 bridgehead atoms. The molecule has 6 heteroatoms. The molecule has 0 amide bonds. The summed E-state index contributed by atoms with van der Waals surface area (Å²) in [5.74, 6) is 2.25. The highest BCUT2D eigenvalue weighted by molar-refractivity contribution is 7.68. The van der Waals surface area contributed by atoms with Gasteiger partial charge in [0.05, 0.1) is 31.5 Å². The summed E-state index contributed by atoms with van der Waals surface area (Å²) < 4.78 is 12.1. The molecule has 4 nitrogen and oxygen atoms in total. The summed E-state index contributed by atoms with van der Waals surface area (Å²) in [7, 11) is 6.32. The second-order valence-electron chi connectivity index (χ2n) is 11.1. The monoisotopic (exact) mass is 612 g/mol. The first-order valence-corrected chi connectivity index (χ1v) is 17.9. The number of anilines is 4. The van der Waals surface area contributed by atoms with E-state index in [9.17, 15) is 0 Å². The predicted molar refractivity (Wildman–Crippen MR) is 190 cm³/mol. The molecule has 0 N–H and O–H groups in total. The molecule has 0 fully saturated rings. The van der Waals surface area contributed by atoms with Gasteiger partial charge in [-0.15, -0.1) is 9.24 Å². The van der Waals surface area contributed by atoms with Crippen LogP contribution in [0.2, 0.25) is 0 Å². The summed E-state index contributed by atoms with van der Waals surface area (Å²) >= 11 is 0. The Morgan fingerprint density at radius 3 is 2.09 bits per heavy atom. The lowest BCUT2D eigenvalue weighted by Crippen LogP contribution is -2.43. The van der Waals surface area contributed by atoms with E-state index < -0.39 is 7.92 Å². The maximum Gasteiger partial charge on any atom is 0.128 e. The fourth-order valence-corrected chi connectivity index (χ4v) is 10.8. The zero-order valence-electron chi connectivity index (χ0n) is 26.1. The number of ether oxygens (including phenoxy) is 2. The van der Waals surface area contributed by atoms with Crippen LogP contribution in [0.3, 0.4) is 0 Å². The van der Waals surface area contributed by atoms with Gasteiger partial charge >= 0.3 is 0 Å². The normalized spacial score (nSPS) is 16.5. The molecule has 0 spiro atoms. The van der Waals surface area contributed by atoms with Gasteiger partial charge in [0.2, 0.25) is 0 Å². The molecule has 4 atom stereocenters. The molecule has 5 rings (SSSR count). The van der Waals surface area contributed by atoms with Crippen molar-refractivity contribution in [1.29, 1.82) is 0 Å². The van der Waals surface area contributed by atoms with E-state index in [1.54, 1.807) is 7.11 Å². The van der Waals surface area contributed by atoms with Crippen molar-refractivity contribution in [2.75, 3.05) is 30.2 Å². The molecule has 0 saturated heterocycles. The Kier molecular flexibility index (Phi) is 11.0. The second-order valence-corrected chi connectivity index (χ2v) is 14.2. The topological polar surface area (TPSA) is 24.9 Å². The Balaban J connectivity index is 1.72. The number of hydrogen-bond donors (Lipinski definition) is 0. The SMILES string of the molecule is CCCCCc1c(OC)cccc1N(c1ccccc1)C(P)C1N(c2ccccc2)c2cccc(OC)c2P1CCCC. The van der Waals surface area contributed by atoms with Crippen molar-refractivity contribution in [3.63, 3.8) is 0 Å². The third kappa shape index (κ3) is 6.57. The molecule has 0 radical (unpaired) electrons. The molecule has 1 aliphatic rings. The Morgan fingerprint density at radius 2 is 1.42 bits per heavy atom. The van der Waals surface area contributed by atoms with Crippen LogP contribution in [0, 0.1) is 0 Å². The lowest BCUT2D eigenvalue weighted by atomic mass is 10.0. The first kappa shape index (κ1) is 31.4. The molecule has 4 unspecified atom stereocenters. The zero-order valence-corrected chi connectivity index (χ0v) is 28.1. The highest BCUT2D eigenvalue weighted by Crippen LogP contribution is 2.60. The molecular formula is C37H46N2O2P2. The van der Waals surface area contributed by atoms with Gasteiger partial charge in [-0.05, 0) is 81.9 Å². The van der Waals surface area contributed by atoms with Crippen LogP contribution in [-0.4, -0.2) is 31.9 Å². The van der Waals surface area contributed by atoms with Crippen LogP contribution in [-0.2, 0) is 6.42 Å². The summed E-state index contributed by atoms with van der Waals surface area (Å²) in [6, 6.07) is 34.9. The summed E-state index contributed by atoms with van der Waals surface area (Å²) in [5.41, 5.74) is 6.19. The van der Waals surface area contributed by atoms with Crippen LogP contribution in [0.25, 0.3) is 0 Å². The molecule has 1 aliphatic heterocycles. The van der Waals surface area contributed by atoms with E-state index in [1.165, 1.54) is 59.3 Å². The number of fused-ring (bicyclic) bond motifs is 1. The van der Waals surface area contributed by atoms with Gasteiger partial charge in [0.15, 0.2) is 0 Å². The van der Waals surface area contributed by atoms with Crippen molar-refractivity contribution in [1.82, 2.24) is 0 Å². The van der Waals surface area contributed by atoms with E-state index in [4.69, 9.17) is 9.47 Å². The molecule has 0 aliphatic carbocycles. The third-order valence-electron chi connectivity index (χ3n) is 8.37. The summed E-state index contributed by atoms with van der Waals surface area (Å²) in [6.07, 6.45) is 8.03. The average Bonchev–Trinajstić information content (AvgIpc) is 3.39. The van der Waals surface area contributed by atoms with Crippen LogP contribution in [0.5, 0.6) is 11.5 Å². The standard InChI is InChI=1S/C37H46N2O2P2/c1-5-7-11-22-30-31(23-16-25-33(30)40-3)38(28-18-12-9-13-19-28)36(42)37-39(29-20-14-10-15-21-29)32-24-17-26-34(41-4)35(32)43(37)27-8-6-2/h9-10,12-21,23-26,36-37H,5-8,11,22,27,42H2,1-4H3. The maximum absolute atomic E-state index is 6.07. The maximum atomic E-state index is 6.07. The van der Waals surface area contributed by atoms with Gasteiger partial charge < -0.3 is 19.3 Å². The summed E-state index contributed by atoms with van der Waals surface area (Å²) in [6.45, 7) is 4.56. The fourth-order valence-electron chi connectivity index (χ4n) is 6.33. The average molecular weight is 613 g/mol. The van der Waals surface area contributed by atoms with Gasteiger partial charge in [-0.2, -0.15) is 0 Å². The second kappa shape index (κ2) is 15.1. The van der Waals surface area contributed by atoms with Gasteiger partial charge in [-0.25, -0.2) is 0 Å². The lowest BCUT2D eigenvalue weighted by Gasteiger charge is -2.42. The zero-order chi connectivity index (χ0) is 30.2. The van der Waals surface area contributed by atoms with Crippen LogP contribution >= 0.6 is 17.2 Å². The molecule has 0 saturated carbocycles. The van der Waals surface area contributed by atoms with Crippen molar-refractivity contribution in [3.05, 3.63) is 103 Å². The van der Waals surface area contributed by atoms with E-state index in [0.717, 1.165) is 30.5 Å². The highest BCUT2D eigenvalue weighted by Gasteiger charge is 2.45. The van der Waals surface area contributed by atoms with Crippen molar-refractivity contribution in [2.24, 2.45) is 0 Å². The number of unbranched alkanes of at least 4 members (excludes halogenated alkanes) is 3. The third-order valence-corrected chi connectivity index (χ3v) is 12.4. The van der Waals surface area contributed by atoms with E-state index >= 15 is 0 Å². The van der Waals surface area contributed by atoms with E-state index in [0.29, 0.717) is 0 Å². The smallest absolute Gasteiger partial charge is 0.128 e. The van der Waals surface area contributed by atoms with Gasteiger partial charge in [0.1, 0.15) is 11.5 Å². The molecule has 4 aromatic rings. The Hall–Kier alpha value is -3.06. The lowest BCUT2D eigenvalue weighted by molar-refractivity contribution is 0.409. The van der Waals surface area contributed by atoms with Crippen molar-refractivity contribution >= 4 is 45.2 Å². The fraction of sp³-hybridized carbons (Fsp3) is 0.351. The van der Waals surface area contributed by atoms with Crippen LogP contribution in [0.4, 0.5) is 22.7 Å². The van der Waals surface area contributed by atoms with Crippen LogP contribution in [0.15, 0.2) is 97.1 Å². The molecule has 0 aromatic heterocycles. The Labute approximate surface area is 262 Å². The van der Waals surface area contributed by atoms with Gasteiger partial charge in [0.25, 0.3) is 0 Å². The number of hydrogen-bond acceptors (Lipinski definition) is 4. The van der Waals surface area contributed by atoms with Crippen LogP contribution in [0.1, 0.15) is 51.5 Å². The first-order chi connectivity index (χ1) is 21.1. The van der Waals surface area contributed by atoms with Gasteiger partial charge in [-0.3, -0.25) is 0 Å². The summed E-state index contributed by atoms with van der Waals surface area (Å²) in [5, 5.41) is 1.39. The minimum absolute atomic E-state index is 0.0692. The number of methoxy groups -OCH3 is 2. The van der Waals surface area contributed by atoms with E-state index in [2.05, 4.69) is 130 Å². The molecule has 4 aromatic carbocycles. The van der Waals surface area contributed by atoms with Crippen molar-refractivity contribution in [2.45, 2.75) is 63.9 Å². The van der Waals surface area contributed by atoms with E-state index in [-0.39, 0.29) is 11.6 Å². The molecule has 226 valence electrons. The van der Waals surface area contributed by atoms with Crippen LogP contribution < -0.4 is 24.6 Å². The van der Waals surface area contributed by atoms with E-state index in [1.807, 2.05) is 7.11 Å². The minimum Gasteiger partial charge on any atom is -0.496 e. The minimum atomic E-state index is -0.600. The Bertz CT molecular complexity index is 1450. The molecule has 43 heavy (non-hydrogen) atoms. The number of nitrogens with zero attached hydrogens (tertiary/aromatic N) is 2. The highest BCUT2D eigenvalue weighted by atomic mass is 31.1. The van der Waals surface area contributed by atoms with Gasteiger partial charge in [-0.1, -0.05) is 81.6 Å².